The van der Waals surface area contributed by atoms with E-state index in [0.29, 0.717) is 11.7 Å². The number of nitrogen functional groups attached to an aromatic ring is 1. The van der Waals surface area contributed by atoms with Crippen molar-refractivity contribution in [2.45, 2.75) is 32.7 Å². The number of nitrogens with two attached hydrogens (primary N) is 1. The number of unbranched alkanes of at least 4 members (excludes halogenated alkanes) is 1. The van der Waals surface area contributed by atoms with Crippen molar-refractivity contribution >= 4 is 39.2 Å². The minimum Gasteiger partial charge on any atom is -0.383 e. The van der Waals surface area contributed by atoms with Gasteiger partial charge in [-0.1, -0.05) is 25.1 Å². The first kappa shape index (κ1) is 14.2. The molecule has 110 valence electrons. The number of pyridine rings is 1. The van der Waals surface area contributed by atoms with Gasteiger partial charge in [0.15, 0.2) is 0 Å². The predicted molar refractivity (Wildman–Crippen MR) is 91.0 cm³/mol. The molecule has 21 heavy (non-hydrogen) atoms. The van der Waals surface area contributed by atoms with Crippen LogP contribution in [0.15, 0.2) is 30.3 Å². The second-order valence-corrected chi connectivity index (χ2v) is 5.69. The Morgan fingerprint density at radius 1 is 1.19 bits per heavy atom. The highest BCUT2D eigenvalue weighted by Gasteiger charge is 2.14. The molecule has 1 aromatic carbocycles. The van der Waals surface area contributed by atoms with Crippen LogP contribution in [-0.2, 0) is 13.0 Å². The van der Waals surface area contributed by atoms with E-state index in [2.05, 4.69) is 34.7 Å². The normalized spacial score (nSPS) is 11.5. The third-order valence-corrected chi connectivity index (χ3v) is 4.25. The van der Waals surface area contributed by atoms with E-state index in [0.717, 1.165) is 36.7 Å². The molecule has 0 amide bonds. The summed E-state index contributed by atoms with van der Waals surface area (Å²) in [7, 11) is 0. The Labute approximate surface area is 129 Å². The highest BCUT2D eigenvalue weighted by molar-refractivity contribution is 6.17. The molecule has 0 atom stereocenters. The Balaban J connectivity index is 2.27. The van der Waals surface area contributed by atoms with E-state index < -0.39 is 0 Å². The number of benzene rings is 1. The molecule has 0 aliphatic rings. The molecule has 0 radical (unpaired) electrons. The second-order valence-electron chi connectivity index (χ2n) is 5.31. The van der Waals surface area contributed by atoms with Gasteiger partial charge in [-0.25, -0.2) is 4.98 Å². The van der Waals surface area contributed by atoms with Crippen molar-refractivity contribution in [2.24, 2.45) is 0 Å². The number of fused-ring (bicyclic) bond motifs is 3. The minimum atomic E-state index is 0.620. The summed E-state index contributed by atoms with van der Waals surface area (Å²) in [5.41, 5.74) is 9.65. The third-order valence-electron chi connectivity index (χ3n) is 3.99. The molecule has 0 aliphatic heterocycles. The first-order valence-corrected chi connectivity index (χ1v) is 8.02. The summed E-state index contributed by atoms with van der Waals surface area (Å²) in [6, 6.07) is 10.4. The molecule has 0 aliphatic carbocycles. The van der Waals surface area contributed by atoms with Crippen molar-refractivity contribution in [2.75, 3.05) is 11.6 Å². The molecular weight excluding hydrogens is 282 g/mol. The molecule has 2 N–H and O–H groups in total. The van der Waals surface area contributed by atoms with Crippen LogP contribution >= 0.6 is 11.6 Å². The topological polar surface area (TPSA) is 43.8 Å². The molecule has 0 saturated heterocycles. The zero-order valence-corrected chi connectivity index (χ0v) is 13.0. The molecule has 2 heterocycles. The average molecular weight is 302 g/mol. The summed E-state index contributed by atoms with van der Waals surface area (Å²) in [5.74, 6) is 1.33. The van der Waals surface area contributed by atoms with Gasteiger partial charge in [0.05, 0.1) is 11.0 Å². The number of hydrogen-bond donors (Lipinski definition) is 1. The molecule has 0 bridgehead atoms. The van der Waals surface area contributed by atoms with Crippen LogP contribution in [0.2, 0.25) is 0 Å². The molecule has 0 fully saturated rings. The van der Waals surface area contributed by atoms with E-state index in [9.17, 15) is 0 Å². The van der Waals surface area contributed by atoms with Gasteiger partial charge in [0.25, 0.3) is 0 Å². The Hall–Kier alpha value is -1.74. The molecule has 3 nitrogen and oxygen atoms in total. The maximum Gasteiger partial charge on any atom is 0.133 e. The maximum absolute atomic E-state index is 6.17. The quantitative estimate of drug-likeness (QED) is 0.562. The van der Waals surface area contributed by atoms with Crippen molar-refractivity contribution in [1.82, 2.24) is 9.55 Å². The fourth-order valence-electron chi connectivity index (χ4n) is 2.96. The van der Waals surface area contributed by atoms with Crippen LogP contribution in [0.3, 0.4) is 0 Å². The fourth-order valence-corrected chi connectivity index (χ4v) is 3.15. The van der Waals surface area contributed by atoms with E-state index >= 15 is 0 Å². The van der Waals surface area contributed by atoms with Crippen molar-refractivity contribution in [1.29, 1.82) is 0 Å². The van der Waals surface area contributed by atoms with E-state index in [1.165, 1.54) is 16.6 Å². The number of aromatic nitrogens is 2. The first-order valence-electron chi connectivity index (χ1n) is 7.48. The summed E-state index contributed by atoms with van der Waals surface area (Å²) < 4.78 is 2.39. The number of halogens is 1. The SMILES string of the molecule is CCc1cc2c(N)nc3ccccc3c2n1CCCCCl. The average Bonchev–Trinajstić information content (AvgIpc) is 2.87. The number of alkyl halides is 1. The molecular formula is C17H20ClN3. The van der Waals surface area contributed by atoms with Gasteiger partial charge in [0.2, 0.25) is 0 Å². The summed E-state index contributed by atoms with van der Waals surface area (Å²) in [5, 5.41) is 2.24. The summed E-state index contributed by atoms with van der Waals surface area (Å²) in [6.45, 7) is 3.16. The lowest BCUT2D eigenvalue weighted by Gasteiger charge is -2.11. The van der Waals surface area contributed by atoms with Gasteiger partial charge in [-0.05, 0) is 31.4 Å². The van der Waals surface area contributed by atoms with Crippen molar-refractivity contribution < 1.29 is 0 Å². The smallest absolute Gasteiger partial charge is 0.133 e. The van der Waals surface area contributed by atoms with E-state index in [-0.39, 0.29) is 0 Å². The number of nitrogens with zero attached hydrogens (tertiary/aromatic N) is 2. The first-order chi connectivity index (χ1) is 10.3. The molecule has 0 spiro atoms. The van der Waals surface area contributed by atoms with Gasteiger partial charge in [-0.2, -0.15) is 0 Å². The van der Waals surface area contributed by atoms with Crippen molar-refractivity contribution in [3.05, 3.63) is 36.0 Å². The molecule has 0 saturated carbocycles. The summed E-state index contributed by atoms with van der Waals surface area (Å²) >= 11 is 5.81. The van der Waals surface area contributed by atoms with Crippen LogP contribution in [0.5, 0.6) is 0 Å². The van der Waals surface area contributed by atoms with Crippen LogP contribution in [0.4, 0.5) is 5.82 Å². The lowest BCUT2D eigenvalue weighted by atomic mass is 10.1. The van der Waals surface area contributed by atoms with Gasteiger partial charge < -0.3 is 10.3 Å². The Kier molecular flexibility index (Phi) is 4.02. The highest BCUT2D eigenvalue weighted by Crippen LogP contribution is 2.31. The number of para-hydroxylation sites is 1. The van der Waals surface area contributed by atoms with Crippen molar-refractivity contribution in [3.8, 4) is 0 Å². The van der Waals surface area contributed by atoms with Gasteiger partial charge in [-0.15, -0.1) is 11.6 Å². The largest absolute Gasteiger partial charge is 0.383 e. The van der Waals surface area contributed by atoms with Crippen molar-refractivity contribution in [3.63, 3.8) is 0 Å². The summed E-state index contributed by atoms with van der Waals surface area (Å²) in [4.78, 5) is 4.53. The van der Waals surface area contributed by atoms with E-state index in [4.69, 9.17) is 17.3 Å². The molecule has 0 unspecified atom stereocenters. The van der Waals surface area contributed by atoms with Gasteiger partial charge in [0.1, 0.15) is 5.82 Å². The second kappa shape index (κ2) is 5.94. The monoisotopic (exact) mass is 301 g/mol. The zero-order chi connectivity index (χ0) is 14.8. The maximum atomic E-state index is 6.17. The fraction of sp³-hybridized carbons (Fsp3) is 0.353. The molecule has 3 rings (SSSR count). The van der Waals surface area contributed by atoms with Crippen LogP contribution in [0.1, 0.15) is 25.5 Å². The number of anilines is 1. The number of aryl methyl sites for hydroxylation is 2. The van der Waals surface area contributed by atoms with Gasteiger partial charge in [0, 0.05) is 28.9 Å². The van der Waals surface area contributed by atoms with Crippen LogP contribution in [-0.4, -0.2) is 15.4 Å². The molecule has 2 aromatic heterocycles. The predicted octanol–water partition coefficient (Wildman–Crippen LogP) is 4.35. The lowest BCUT2D eigenvalue weighted by Crippen LogP contribution is -2.03. The Morgan fingerprint density at radius 3 is 2.76 bits per heavy atom. The lowest BCUT2D eigenvalue weighted by molar-refractivity contribution is 0.631. The zero-order valence-electron chi connectivity index (χ0n) is 12.3. The van der Waals surface area contributed by atoms with Gasteiger partial charge >= 0.3 is 0 Å². The Morgan fingerprint density at radius 2 is 2.00 bits per heavy atom. The Bertz CT molecular complexity index is 776. The molecule has 4 heteroatoms. The highest BCUT2D eigenvalue weighted by atomic mass is 35.5. The van der Waals surface area contributed by atoms with E-state index in [1.807, 2.05) is 12.1 Å². The summed E-state index contributed by atoms with van der Waals surface area (Å²) in [6.07, 6.45) is 3.10. The minimum absolute atomic E-state index is 0.620. The standard InChI is InChI=1S/C17H20ClN3/c1-2-12-11-14-16(21(12)10-6-5-9-18)13-7-3-4-8-15(13)20-17(14)19/h3-4,7-8,11H,2,5-6,9-10H2,1H3,(H2,19,20). The third kappa shape index (κ3) is 2.46. The van der Waals surface area contributed by atoms with Crippen LogP contribution < -0.4 is 5.73 Å². The van der Waals surface area contributed by atoms with Gasteiger partial charge in [-0.3, -0.25) is 0 Å². The molecule has 3 aromatic rings. The van der Waals surface area contributed by atoms with Crippen LogP contribution in [0.25, 0.3) is 21.8 Å². The number of rotatable bonds is 5. The van der Waals surface area contributed by atoms with Crippen LogP contribution in [0, 0.1) is 0 Å². The van der Waals surface area contributed by atoms with E-state index in [1.54, 1.807) is 0 Å². The number of hydrogen-bond acceptors (Lipinski definition) is 2.